The molecule has 0 spiro atoms. The predicted octanol–water partition coefficient (Wildman–Crippen LogP) is 4.92. The van der Waals surface area contributed by atoms with Crippen LogP contribution in [0.25, 0.3) is 22.2 Å². The fraction of sp³-hybridized carbons (Fsp3) is 0.176. The lowest BCUT2D eigenvalue weighted by Crippen LogP contribution is -1.86. The molecule has 3 aromatic rings. The molecule has 104 valence electrons. The van der Waals surface area contributed by atoms with E-state index in [9.17, 15) is 0 Å². The standard InChI is InChI=1S/C17H18N2.ClH/c1-11-6-4-5-7-14(11)17-12(2)15-10-13(18-3)8-9-16(15)19-17;/h4-10,18-19H,1-3H3;1H. The number of aromatic nitrogens is 1. The second-order valence-corrected chi connectivity index (χ2v) is 4.95. The first kappa shape index (κ1) is 14.5. The van der Waals surface area contributed by atoms with Crippen molar-refractivity contribution in [2.24, 2.45) is 0 Å². The zero-order valence-electron chi connectivity index (χ0n) is 11.9. The molecule has 3 rings (SSSR count). The molecule has 0 amide bonds. The summed E-state index contributed by atoms with van der Waals surface area (Å²) in [6.45, 7) is 4.33. The zero-order chi connectivity index (χ0) is 13.4. The first-order chi connectivity index (χ1) is 9.20. The number of aromatic amines is 1. The van der Waals surface area contributed by atoms with Crippen LogP contribution < -0.4 is 5.32 Å². The summed E-state index contributed by atoms with van der Waals surface area (Å²) in [4.78, 5) is 3.54. The monoisotopic (exact) mass is 286 g/mol. The quantitative estimate of drug-likeness (QED) is 0.688. The minimum absolute atomic E-state index is 0. The number of benzene rings is 2. The number of aryl methyl sites for hydroxylation is 2. The second kappa shape index (κ2) is 5.59. The molecule has 0 saturated heterocycles. The first-order valence-corrected chi connectivity index (χ1v) is 6.57. The maximum absolute atomic E-state index is 3.54. The molecular weight excluding hydrogens is 268 g/mol. The molecule has 3 heteroatoms. The van der Waals surface area contributed by atoms with Crippen LogP contribution in [0.5, 0.6) is 0 Å². The summed E-state index contributed by atoms with van der Waals surface area (Å²) in [5.41, 5.74) is 7.44. The third-order valence-corrected chi connectivity index (χ3v) is 3.76. The van der Waals surface area contributed by atoms with Gasteiger partial charge < -0.3 is 10.3 Å². The molecular formula is C17H19ClN2. The summed E-state index contributed by atoms with van der Waals surface area (Å²) in [6.07, 6.45) is 0. The molecule has 0 radical (unpaired) electrons. The van der Waals surface area contributed by atoms with E-state index < -0.39 is 0 Å². The highest BCUT2D eigenvalue weighted by Gasteiger charge is 2.11. The molecule has 0 saturated carbocycles. The van der Waals surface area contributed by atoms with E-state index in [1.807, 2.05) is 7.05 Å². The third-order valence-electron chi connectivity index (χ3n) is 3.76. The van der Waals surface area contributed by atoms with E-state index in [4.69, 9.17) is 0 Å². The predicted molar refractivity (Wildman–Crippen MR) is 90.0 cm³/mol. The number of halogens is 1. The van der Waals surface area contributed by atoms with Gasteiger partial charge in [-0.2, -0.15) is 0 Å². The highest BCUT2D eigenvalue weighted by atomic mass is 35.5. The maximum Gasteiger partial charge on any atom is 0.0497 e. The summed E-state index contributed by atoms with van der Waals surface area (Å²) in [6, 6.07) is 14.9. The molecule has 0 aliphatic carbocycles. The van der Waals surface area contributed by atoms with Gasteiger partial charge in [0.15, 0.2) is 0 Å². The van der Waals surface area contributed by atoms with Crippen LogP contribution in [0.3, 0.4) is 0 Å². The number of fused-ring (bicyclic) bond motifs is 1. The first-order valence-electron chi connectivity index (χ1n) is 6.57. The largest absolute Gasteiger partial charge is 0.388 e. The van der Waals surface area contributed by atoms with E-state index >= 15 is 0 Å². The topological polar surface area (TPSA) is 27.8 Å². The number of H-pyrrole nitrogens is 1. The molecule has 2 N–H and O–H groups in total. The van der Waals surface area contributed by atoms with Gasteiger partial charge in [0.2, 0.25) is 0 Å². The molecule has 2 nitrogen and oxygen atoms in total. The van der Waals surface area contributed by atoms with Crippen LogP contribution in [0.15, 0.2) is 42.5 Å². The number of rotatable bonds is 2. The van der Waals surface area contributed by atoms with Crippen molar-refractivity contribution in [2.45, 2.75) is 13.8 Å². The van der Waals surface area contributed by atoms with Crippen LogP contribution in [-0.4, -0.2) is 12.0 Å². The minimum atomic E-state index is 0. The normalized spacial score (nSPS) is 10.3. The smallest absolute Gasteiger partial charge is 0.0497 e. The fourth-order valence-electron chi connectivity index (χ4n) is 2.60. The van der Waals surface area contributed by atoms with Gasteiger partial charge >= 0.3 is 0 Å². The van der Waals surface area contributed by atoms with Crippen molar-refractivity contribution >= 4 is 29.0 Å². The van der Waals surface area contributed by atoms with Gasteiger partial charge in [-0.3, -0.25) is 0 Å². The van der Waals surface area contributed by atoms with Gasteiger partial charge in [0.1, 0.15) is 0 Å². The summed E-state index contributed by atoms with van der Waals surface area (Å²) in [5.74, 6) is 0. The average molecular weight is 287 g/mol. The molecule has 0 aliphatic rings. The summed E-state index contributed by atoms with van der Waals surface area (Å²) in [5, 5.41) is 4.48. The van der Waals surface area contributed by atoms with Crippen molar-refractivity contribution in [2.75, 3.05) is 12.4 Å². The Morgan fingerprint density at radius 3 is 2.45 bits per heavy atom. The van der Waals surface area contributed by atoms with Gasteiger partial charge in [0.25, 0.3) is 0 Å². The van der Waals surface area contributed by atoms with Crippen molar-refractivity contribution in [3.63, 3.8) is 0 Å². The third kappa shape index (κ3) is 2.27. The summed E-state index contributed by atoms with van der Waals surface area (Å²) in [7, 11) is 1.95. The minimum Gasteiger partial charge on any atom is -0.388 e. The van der Waals surface area contributed by atoms with E-state index in [1.54, 1.807) is 0 Å². The molecule has 1 heterocycles. The van der Waals surface area contributed by atoms with Crippen LogP contribution in [0.1, 0.15) is 11.1 Å². The van der Waals surface area contributed by atoms with Gasteiger partial charge in [-0.05, 0) is 43.2 Å². The van der Waals surface area contributed by atoms with Crippen LogP contribution in [0.2, 0.25) is 0 Å². The highest BCUT2D eigenvalue weighted by molar-refractivity contribution is 5.93. The SMILES string of the molecule is CNc1ccc2[nH]c(-c3ccccc3C)c(C)c2c1.Cl. The van der Waals surface area contributed by atoms with Crippen molar-refractivity contribution in [3.05, 3.63) is 53.6 Å². The lowest BCUT2D eigenvalue weighted by molar-refractivity contribution is 1.36. The molecule has 0 bridgehead atoms. The van der Waals surface area contributed by atoms with E-state index in [1.165, 1.54) is 33.3 Å². The molecule has 0 unspecified atom stereocenters. The molecule has 0 aliphatic heterocycles. The zero-order valence-corrected chi connectivity index (χ0v) is 12.8. The van der Waals surface area contributed by atoms with E-state index in [-0.39, 0.29) is 12.4 Å². The summed E-state index contributed by atoms with van der Waals surface area (Å²) < 4.78 is 0. The van der Waals surface area contributed by atoms with Crippen LogP contribution >= 0.6 is 12.4 Å². The molecule has 20 heavy (non-hydrogen) atoms. The Labute approximate surface area is 125 Å². The molecule has 1 aromatic heterocycles. The Balaban J connectivity index is 0.00000147. The van der Waals surface area contributed by atoms with E-state index in [0.29, 0.717) is 0 Å². The van der Waals surface area contributed by atoms with Gasteiger partial charge in [-0.25, -0.2) is 0 Å². The van der Waals surface area contributed by atoms with Crippen molar-refractivity contribution < 1.29 is 0 Å². The Morgan fingerprint density at radius 2 is 1.75 bits per heavy atom. The van der Waals surface area contributed by atoms with Crippen molar-refractivity contribution in [1.82, 2.24) is 4.98 Å². The maximum atomic E-state index is 3.54. The highest BCUT2D eigenvalue weighted by Crippen LogP contribution is 2.32. The Morgan fingerprint density at radius 1 is 1.00 bits per heavy atom. The van der Waals surface area contributed by atoms with Crippen LogP contribution in [-0.2, 0) is 0 Å². The second-order valence-electron chi connectivity index (χ2n) is 4.95. The Kier molecular flexibility index (Phi) is 4.05. The van der Waals surface area contributed by atoms with Crippen LogP contribution in [0, 0.1) is 13.8 Å². The average Bonchev–Trinajstić information content (AvgIpc) is 2.76. The number of hydrogen-bond donors (Lipinski definition) is 2. The number of nitrogens with one attached hydrogen (secondary N) is 2. The van der Waals surface area contributed by atoms with Gasteiger partial charge in [0, 0.05) is 34.9 Å². The Hall–Kier alpha value is -1.93. The fourth-order valence-corrected chi connectivity index (χ4v) is 2.60. The van der Waals surface area contributed by atoms with Crippen molar-refractivity contribution in [1.29, 1.82) is 0 Å². The lowest BCUT2D eigenvalue weighted by atomic mass is 10.0. The van der Waals surface area contributed by atoms with Gasteiger partial charge in [-0.1, -0.05) is 24.3 Å². The Bertz CT molecular complexity index is 744. The number of hydrogen-bond acceptors (Lipinski definition) is 1. The van der Waals surface area contributed by atoms with E-state index in [2.05, 4.69) is 66.6 Å². The lowest BCUT2D eigenvalue weighted by Gasteiger charge is -2.04. The van der Waals surface area contributed by atoms with Gasteiger partial charge in [0.05, 0.1) is 0 Å². The van der Waals surface area contributed by atoms with Crippen molar-refractivity contribution in [3.8, 4) is 11.3 Å². The van der Waals surface area contributed by atoms with Gasteiger partial charge in [-0.15, -0.1) is 12.4 Å². The number of anilines is 1. The molecule has 0 fully saturated rings. The van der Waals surface area contributed by atoms with E-state index in [0.717, 1.165) is 5.69 Å². The summed E-state index contributed by atoms with van der Waals surface area (Å²) >= 11 is 0. The molecule has 0 atom stereocenters. The molecule has 2 aromatic carbocycles. The van der Waals surface area contributed by atoms with Crippen LogP contribution in [0.4, 0.5) is 5.69 Å².